The maximum atomic E-state index is 9.00. The molecule has 1 aromatic rings. The number of hydrogen-bond acceptors (Lipinski definition) is 3. The van der Waals surface area contributed by atoms with Gasteiger partial charge in [0.1, 0.15) is 6.04 Å². The molecule has 0 saturated heterocycles. The number of hydrogen-bond donors (Lipinski definition) is 1. The molecule has 1 unspecified atom stereocenters. The van der Waals surface area contributed by atoms with E-state index in [4.69, 9.17) is 16.9 Å². The second-order valence-corrected chi connectivity index (χ2v) is 5.67. The van der Waals surface area contributed by atoms with Gasteiger partial charge in [-0.2, -0.15) is 17.0 Å². The fourth-order valence-electron chi connectivity index (χ4n) is 1.56. The predicted molar refractivity (Wildman–Crippen MR) is 73.2 cm³/mol. The fourth-order valence-corrected chi connectivity index (χ4v) is 2.84. The quantitative estimate of drug-likeness (QED) is 0.859. The first-order valence-electron chi connectivity index (χ1n) is 5.76. The lowest BCUT2D eigenvalue weighted by Gasteiger charge is -2.10. The van der Waals surface area contributed by atoms with Gasteiger partial charge in [-0.3, -0.25) is 5.32 Å². The Morgan fingerprint density at radius 3 is 2.88 bits per heavy atom. The number of nitriles is 1. The first-order chi connectivity index (χ1) is 8.29. The summed E-state index contributed by atoms with van der Waals surface area (Å²) in [4.78, 5) is 0. The summed E-state index contributed by atoms with van der Waals surface area (Å²) < 4.78 is 0. The Morgan fingerprint density at radius 1 is 1.47 bits per heavy atom. The lowest BCUT2D eigenvalue weighted by Crippen LogP contribution is -2.31. The minimum absolute atomic E-state index is 0.0324. The zero-order valence-electron chi connectivity index (χ0n) is 9.53. The molecule has 4 heteroatoms. The van der Waals surface area contributed by atoms with Gasteiger partial charge in [-0.15, -0.1) is 0 Å². The minimum atomic E-state index is -0.0324. The SMILES string of the molecule is N#CC(CSCc1ccccc1Cl)NC1CC1. The molecule has 0 radical (unpaired) electrons. The molecule has 1 fully saturated rings. The van der Waals surface area contributed by atoms with E-state index in [1.165, 1.54) is 12.8 Å². The smallest absolute Gasteiger partial charge is 0.105 e. The highest BCUT2D eigenvalue weighted by atomic mass is 35.5. The van der Waals surface area contributed by atoms with Crippen LogP contribution in [0, 0.1) is 11.3 Å². The van der Waals surface area contributed by atoms with Crippen LogP contribution in [0.5, 0.6) is 0 Å². The van der Waals surface area contributed by atoms with Gasteiger partial charge >= 0.3 is 0 Å². The fraction of sp³-hybridized carbons (Fsp3) is 0.462. The molecule has 1 saturated carbocycles. The van der Waals surface area contributed by atoms with Crippen molar-refractivity contribution in [2.45, 2.75) is 30.7 Å². The van der Waals surface area contributed by atoms with Gasteiger partial charge < -0.3 is 0 Å². The van der Waals surface area contributed by atoms with E-state index in [0.717, 1.165) is 22.1 Å². The molecular formula is C13H15ClN2S. The molecule has 0 aliphatic heterocycles. The van der Waals surface area contributed by atoms with E-state index < -0.39 is 0 Å². The summed E-state index contributed by atoms with van der Waals surface area (Å²) in [7, 11) is 0. The van der Waals surface area contributed by atoms with E-state index in [0.29, 0.717) is 6.04 Å². The van der Waals surface area contributed by atoms with Gasteiger partial charge in [-0.1, -0.05) is 29.8 Å². The molecule has 0 aromatic heterocycles. The topological polar surface area (TPSA) is 35.8 Å². The summed E-state index contributed by atoms with van der Waals surface area (Å²) >= 11 is 7.83. The Kier molecular flexibility index (Phi) is 4.73. The molecule has 1 aliphatic carbocycles. The first kappa shape index (κ1) is 12.8. The van der Waals surface area contributed by atoms with E-state index >= 15 is 0 Å². The van der Waals surface area contributed by atoms with Crippen molar-refractivity contribution < 1.29 is 0 Å². The molecule has 2 nitrogen and oxygen atoms in total. The zero-order valence-corrected chi connectivity index (χ0v) is 11.1. The normalized spacial score (nSPS) is 16.5. The van der Waals surface area contributed by atoms with Gasteiger partial charge in [0.15, 0.2) is 0 Å². The second-order valence-electron chi connectivity index (χ2n) is 4.23. The molecule has 1 aromatic carbocycles. The number of halogens is 1. The lowest BCUT2D eigenvalue weighted by atomic mass is 10.2. The van der Waals surface area contributed by atoms with Crippen LogP contribution in [0.1, 0.15) is 18.4 Å². The van der Waals surface area contributed by atoms with Gasteiger partial charge in [0.05, 0.1) is 6.07 Å². The first-order valence-corrected chi connectivity index (χ1v) is 7.29. The van der Waals surface area contributed by atoms with Crippen LogP contribution in [-0.2, 0) is 5.75 Å². The van der Waals surface area contributed by atoms with E-state index in [1.807, 2.05) is 24.3 Å². The lowest BCUT2D eigenvalue weighted by molar-refractivity contribution is 0.644. The maximum absolute atomic E-state index is 9.00. The predicted octanol–water partition coefficient (Wildman–Crippen LogP) is 3.22. The van der Waals surface area contributed by atoms with Crippen LogP contribution in [0.15, 0.2) is 24.3 Å². The maximum Gasteiger partial charge on any atom is 0.105 e. The highest BCUT2D eigenvalue weighted by Crippen LogP contribution is 2.23. The monoisotopic (exact) mass is 266 g/mol. The summed E-state index contributed by atoms with van der Waals surface area (Å²) in [6, 6.07) is 10.7. The van der Waals surface area contributed by atoms with Gasteiger partial charge in [-0.05, 0) is 24.5 Å². The van der Waals surface area contributed by atoms with Crippen LogP contribution in [0.3, 0.4) is 0 Å². The third kappa shape index (κ3) is 4.23. The van der Waals surface area contributed by atoms with E-state index in [1.54, 1.807) is 11.8 Å². The van der Waals surface area contributed by atoms with Crippen LogP contribution >= 0.6 is 23.4 Å². The van der Waals surface area contributed by atoms with Crippen molar-refractivity contribution in [1.29, 1.82) is 5.26 Å². The Balaban J connectivity index is 1.74. The molecule has 1 N–H and O–H groups in total. The average Bonchev–Trinajstić information content (AvgIpc) is 3.14. The third-order valence-electron chi connectivity index (χ3n) is 2.67. The number of thioether (sulfide) groups is 1. The van der Waals surface area contributed by atoms with Crippen molar-refractivity contribution in [3.05, 3.63) is 34.9 Å². The molecule has 0 bridgehead atoms. The molecular weight excluding hydrogens is 252 g/mol. The zero-order chi connectivity index (χ0) is 12.1. The van der Waals surface area contributed by atoms with Gasteiger partial charge in [0, 0.05) is 22.6 Å². The summed E-state index contributed by atoms with van der Waals surface area (Å²) in [5.41, 5.74) is 1.14. The number of nitrogens with zero attached hydrogens (tertiary/aromatic N) is 1. The highest BCUT2D eigenvalue weighted by Gasteiger charge is 2.24. The summed E-state index contributed by atoms with van der Waals surface area (Å²) in [6.45, 7) is 0. The van der Waals surface area contributed by atoms with Gasteiger partial charge in [0.25, 0.3) is 0 Å². The van der Waals surface area contributed by atoms with E-state index in [9.17, 15) is 0 Å². The summed E-state index contributed by atoms with van der Waals surface area (Å²) in [6.07, 6.45) is 2.43. The van der Waals surface area contributed by atoms with Crippen molar-refractivity contribution in [3.63, 3.8) is 0 Å². The van der Waals surface area contributed by atoms with Crippen molar-refractivity contribution in [1.82, 2.24) is 5.32 Å². The van der Waals surface area contributed by atoms with E-state index in [2.05, 4.69) is 11.4 Å². The van der Waals surface area contributed by atoms with Crippen molar-refractivity contribution in [2.24, 2.45) is 0 Å². The van der Waals surface area contributed by atoms with Crippen LogP contribution in [0.25, 0.3) is 0 Å². The van der Waals surface area contributed by atoms with Gasteiger partial charge in [-0.25, -0.2) is 0 Å². The number of nitrogens with one attached hydrogen (secondary N) is 1. The molecule has 0 heterocycles. The molecule has 90 valence electrons. The summed E-state index contributed by atoms with van der Waals surface area (Å²) in [5, 5.41) is 13.1. The van der Waals surface area contributed by atoms with Crippen LogP contribution in [0.2, 0.25) is 5.02 Å². The highest BCUT2D eigenvalue weighted by molar-refractivity contribution is 7.98. The Morgan fingerprint density at radius 2 is 2.24 bits per heavy atom. The van der Waals surface area contributed by atoms with Crippen LogP contribution in [0.4, 0.5) is 0 Å². The van der Waals surface area contributed by atoms with E-state index in [-0.39, 0.29) is 6.04 Å². The molecule has 17 heavy (non-hydrogen) atoms. The molecule has 0 amide bonds. The Hall–Kier alpha value is -0.690. The largest absolute Gasteiger partial charge is 0.298 e. The number of rotatable bonds is 6. The average molecular weight is 267 g/mol. The Labute approximate surface area is 111 Å². The molecule has 1 atom stereocenters. The second kappa shape index (κ2) is 6.30. The molecule has 2 rings (SSSR count). The van der Waals surface area contributed by atoms with Gasteiger partial charge in [0.2, 0.25) is 0 Å². The van der Waals surface area contributed by atoms with Crippen molar-refractivity contribution in [2.75, 3.05) is 5.75 Å². The summed E-state index contributed by atoms with van der Waals surface area (Å²) in [5.74, 6) is 1.68. The Bertz CT molecular complexity index is 412. The van der Waals surface area contributed by atoms with Crippen LogP contribution in [-0.4, -0.2) is 17.8 Å². The molecule has 1 aliphatic rings. The standard InChI is InChI=1S/C13H15ClN2S/c14-13-4-2-1-3-10(13)8-17-9-12(7-15)16-11-5-6-11/h1-4,11-12,16H,5-6,8-9H2. The minimum Gasteiger partial charge on any atom is -0.298 e. The molecule has 0 spiro atoms. The number of benzene rings is 1. The van der Waals surface area contributed by atoms with Crippen molar-refractivity contribution in [3.8, 4) is 6.07 Å². The van der Waals surface area contributed by atoms with Crippen LogP contribution < -0.4 is 5.32 Å². The third-order valence-corrected chi connectivity index (χ3v) is 4.12. The van der Waals surface area contributed by atoms with Crippen molar-refractivity contribution >= 4 is 23.4 Å².